The summed E-state index contributed by atoms with van der Waals surface area (Å²) in [6.45, 7) is 11.5. The molecule has 0 aromatic rings. The van der Waals surface area contributed by atoms with E-state index in [0.717, 1.165) is 26.1 Å². The summed E-state index contributed by atoms with van der Waals surface area (Å²) in [5.41, 5.74) is -0.258. The number of ether oxygens (including phenoxy) is 1. The molecule has 2 aliphatic rings. The first-order valence-corrected chi connectivity index (χ1v) is 7.04. The minimum absolute atomic E-state index is 0.120. The lowest BCUT2D eigenvalue weighted by molar-refractivity contribution is -0.0792. The van der Waals surface area contributed by atoms with Gasteiger partial charge in [-0.3, -0.25) is 0 Å². The second kappa shape index (κ2) is 4.75. The predicted molar refractivity (Wildman–Crippen MR) is 72.6 cm³/mol. The number of hydrogen-bond donors (Lipinski definition) is 2. The van der Waals surface area contributed by atoms with Crippen LogP contribution in [0.3, 0.4) is 0 Å². The first-order chi connectivity index (χ1) is 8.26. The normalized spacial score (nSPS) is 39.3. The maximum Gasteiger partial charge on any atom is 0.0790 e. The Balaban J connectivity index is 2.09. The van der Waals surface area contributed by atoms with Crippen molar-refractivity contribution < 1.29 is 9.84 Å². The molecule has 0 amide bonds. The number of likely N-dealkylation sites (N-methyl/N-ethyl adjacent to an activating group) is 1. The molecule has 4 heteroatoms. The van der Waals surface area contributed by atoms with Gasteiger partial charge in [0.15, 0.2) is 0 Å². The van der Waals surface area contributed by atoms with Crippen molar-refractivity contribution in [3.8, 4) is 0 Å². The molecule has 0 aliphatic carbocycles. The number of rotatable bonds is 3. The van der Waals surface area contributed by atoms with Gasteiger partial charge in [-0.05, 0) is 41.2 Å². The molecule has 2 heterocycles. The number of likely N-dealkylation sites (tertiary alicyclic amines) is 1. The van der Waals surface area contributed by atoms with Crippen molar-refractivity contribution >= 4 is 0 Å². The van der Waals surface area contributed by atoms with E-state index in [1.807, 2.05) is 7.05 Å². The van der Waals surface area contributed by atoms with Gasteiger partial charge in [0.2, 0.25) is 0 Å². The Bertz CT molecular complexity index is 304. The molecule has 3 atom stereocenters. The third kappa shape index (κ3) is 2.57. The Kier molecular flexibility index (Phi) is 3.76. The van der Waals surface area contributed by atoms with E-state index in [0.29, 0.717) is 12.0 Å². The van der Waals surface area contributed by atoms with E-state index in [1.165, 1.54) is 0 Å². The van der Waals surface area contributed by atoms with Crippen LogP contribution in [-0.2, 0) is 4.74 Å². The summed E-state index contributed by atoms with van der Waals surface area (Å²) in [5.74, 6) is 0.447. The molecule has 2 aliphatic heterocycles. The van der Waals surface area contributed by atoms with E-state index in [-0.39, 0.29) is 17.3 Å². The fourth-order valence-corrected chi connectivity index (χ4v) is 3.83. The van der Waals surface area contributed by atoms with Crippen LogP contribution in [0.1, 0.15) is 34.1 Å². The second-order valence-electron chi connectivity index (χ2n) is 6.88. The molecule has 4 nitrogen and oxygen atoms in total. The largest absolute Gasteiger partial charge is 0.392 e. The van der Waals surface area contributed by atoms with E-state index < -0.39 is 0 Å². The van der Waals surface area contributed by atoms with Crippen LogP contribution in [0.15, 0.2) is 0 Å². The highest BCUT2D eigenvalue weighted by molar-refractivity contribution is 5.06. The van der Waals surface area contributed by atoms with Crippen LogP contribution in [0.25, 0.3) is 0 Å². The molecule has 0 radical (unpaired) electrons. The van der Waals surface area contributed by atoms with Gasteiger partial charge in [0.1, 0.15) is 0 Å². The molecule has 0 aromatic carbocycles. The van der Waals surface area contributed by atoms with Gasteiger partial charge in [0, 0.05) is 31.6 Å². The van der Waals surface area contributed by atoms with Gasteiger partial charge >= 0.3 is 0 Å². The Hall–Kier alpha value is -0.160. The Labute approximate surface area is 111 Å². The summed E-state index contributed by atoms with van der Waals surface area (Å²) in [6.07, 6.45) is 0.762. The number of nitrogens with zero attached hydrogens (tertiary/aromatic N) is 1. The molecule has 18 heavy (non-hydrogen) atoms. The maximum absolute atomic E-state index is 9.64. The topological polar surface area (TPSA) is 44.7 Å². The van der Waals surface area contributed by atoms with Gasteiger partial charge < -0.3 is 20.1 Å². The van der Waals surface area contributed by atoms with Crippen molar-refractivity contribution in [1.29, 1.82) is 0 Å². The highest BCUT2D eigenvalue weighted by Gasteiger charge is 2.53. The minimum atomic E-state index is -0.142. The predicted octanol–water partition coefficient (Wildman–Crippen LogP) is 0.845. The van der Waals surface area contributed by atoms with Crippen molar-refractivity contribution in [1.82, 2.24) is 10.2 Å². The van der Waals surface area contributed by atoms with Crippen LogP contribution in [0, 0.1) is 5.92 Å². The number of aliphatic hydroxyl groups excluding tert-OH is 1. The first kappa shape index (κ1) is 14.3. The van der Waals surface area contributed by atoms with E-state index >= 15 is 0 Å². The van der Waals surface area contributed by atoms with Gasteiger partial charge in [-0.2, -0.15) is 0 Å². The molecule has 2 saturated heterocycles. The maximum atomic E-state index is 9.64. The highest BCUT2D eigenvalue weighted by Crippen LogP contribution is 2.42. The zero-order valence-electron chi connectivity index (χ0n) is 12.4. The summed E-state index contributed by atoms with van der Waals surface area (Å²) in [5, 5.41) is 13.1. The number of nitrogens with one attached hydrogen (secondary N) is 1. The van der Waals surface area contributed by atoms with E-state index in [9.17, 15) is 5.11 Å². The van der Waals surface area contributed by atoms with Crippen molar-refractivity contribution in [2.75, 3.05) is 26.7 Å². The van der Waals surface area contributed by atoms with Crippen LogP contribution < -0.4 is 5.32 Å². The number of hydrogen-bond acceptors (Lipinski definition) is 4. The molecule has 106 valence electrons. The molecule has 2 fully saturated rings. The van der Waals surface area contributed by atoms with Crippen LogP contribution >= 0.6 is 0 Å². The van der Waals surface area contributed by atoms with Crippen molar-refractivity contribution in [3.63, 3.8) is 0 Å². The highest BCUT2D eigenvalue weighted by atomic mass is 16.5. The average molecular weight is 256 g/mol. The smallest absolute Gasteiger partial charge is 0.0790 e. The van der Waals surface area contributed by atoms with Gasteiger partial charge in [0.25, 0.3) is 0 Å². The monoisotopic (exact) mass is 256 g/mol. The third-order valence-corrected chi connectivity index (χ3v) is 4.58. The summed E-state index contributed by atoms with van der Waals surface area (Å²) in [4.78, 5) is 2.37. The van der Waals surface area contributed by atoms with E-state index in [1.54, 1.807) is 0 Å². The Morgan fingerprint density at radius 2 is 1.94 bits per heavy atom. The standard InChI is InChI=1S/C14H28N2O2/c1-13(2)11(9-16-7-6-10(17)8-16)12(15-5)14(3,4)18-13/h10-12,15,17H,6-9H2,1-5H3. The Morgan fingerprint density at radius 3 is 2.44 bits per heavy atom. The van der Waals surface area contributed by atoms with E-state index in [4.69, 9.17) is 4.74 Å². The SMILES string of the molecule is CNC1C(CN2CCC(O)C2)C(C)(C)OC1(C)C. The van der Waals surface area contributed by atoms with Crippen LogP contribution in [0.5, 0.6) is 0 Å². The minimum Gasteiger partial charge on any atom is -0.392 e. The van der Waals surface area contributed by atoms with Crippen LogP contribution in [0.4, 0.5) is 0 Å². The quantitative estimate of drug-likeness (QED) is 0.785. The summed E-state index contributed by atoms with van der Waals surface area (Å²) >= 11 is 0. The van der Waals surface area contributed by atoms with Gasteiger partial charge in [-0.15, -0.1) is 0 Å². The zero-order chi connectivity index (χ0) is 13.6. The summed E-state index contributed by atoms with van der Waals surface area (Å²) in [7, 11) is 2.02. The second-order valence-corrected chi connectivity index (χ2v) is 6.88. The van der Waals surface area contributed by atoms with Crippen molar-refractivity contribution in [2.24, 2.45) is 5.92 Å². The molecule has 0 bridgehead atoms. The van der Waals surface area contributed by atoms with Crippen molar-refractivity contribution in [3.05, 3.63) is 0 Å². The fraction of sp³-hybridized carbons (Fsp3) is 1.00. The van der Waals surface area contributed by atoms with Gasteiger partial charge in [-0.25, -0.2) is 0 Å². The molecule has 2 N–H and O–H groups in total. The lowest BCUT2D eigenvalue weighted by Gasteiger charge is -2.32. The molecule has 2 rings (SSSR count). The summed E-state index contributed by atoms with van der Waals surface area (Å²) in [6, 6.07) is 0.352. The van der Waals surface area contributed by atoms with Crippen LogP contribution in [0.2, 0.25) is 0 Å². The lowest BCUT2D eigenvalue weighted by Crippen LogP contribution is -2.49. The fourth-order valence-electron chi connectivity index (χ4n) is 3.83. The molecule has 0 spiro atoms. The van der Waals surface area contributed by atoms with Gasteiger partial charge in [-0.1, -0.05) is 0 Å². The molecule has 0 aromatic heterocycles. The first-order valence-electron chi connectivity index (χ1n) is 7.04. The van der Waals surface area contributed by atoms with Gasteiger partial charge in [0.05, 0.1) is 17.3 Å². The lowest BCUT2D eigenvalue weighted by atomic mass is 9.82. The molecular formula is C14H28N2O2. The van der Waals surface area contributed by atoms with Crippen molar-refractivity contribution in [2.45, 2.75) is 57.5 Å². The summed E-state index contributed by atoms with van der Waals surface area (Å²) < 4.78 is 6.24. The van der Waals surface area contributed by atoms with E-state index in [2.05, 4.69) is 37.9 Å². The molecule has 3 unspecified atom stereocenters. The third-order valence-electron chi connectivity index (χ3n) is 4.58. The molecular weight excluding hydrogens is 228 g/mol. The van der Waals surface area contributed by atoms with Crippen LogP contribution in [-0.4, -0.2) is 60.0 Å². The number of aliphatic hydroxyl groups is 1. The zero-order valence-corrected chi connectivity index (χ0v) is 12.4. The molecule has 0 saturated carbocycles. The number of β-amino-alcohol motifs (C(OH)–C–C–N with tert-alkyl or cyclic N) is 1. The average Bonchev–Trinajstić information content (AvgIpc) is 2.67. The Morgan fingerprint density at radius 1 is 1.28 bits per heavy atom.